The van der Waals surface area contributed by atoms with E-state index in [0.717, 1.165) is 36.7 Å². The van der Waals surface area contributed by atoms with Crippen molar-refractivity contribution in [3.05, 3.63) is 59.7 Å². The first-order valence-electron chi connectivity index (χ1n) is 8.73. The van der Waals surface area contributed by atoms with Crippen molar-refractivity contribution in [2.45, 2.75) is 25.9 Å². The topological polar surface area (TPSA) is 27.6 Å². The third kappa shape index (κ3) is 4.77. The third-order valence-corrected chi connectivity index (χ3v) is 4.64. The van der Waals surface area contributed by atoms with Crippen molar-refractivity contribution in [3.8, 4) is 0 Å². The average Bonchev–Trinajstić information content (AvgIpc) is 2.63. The van der Waals surface area contributed by atoms with Crippen LogP contribution in [0.5, 0.6) is 0 Å². The Kier molecular flexibility index (Phi) is 5.49. The first-order valence-corrected chi connectivity index (χ1v) is 8.73. The molecule has 1 fully saturated rings. The van der Waals surface area contributed by atoms with Gasteiger partial charge in [-0.05, 0) is 54.7 Å². The second-order valence-electron chi connectivity index (χ2n) is 6.71. The second kappa shape index (κ2) is 7.81. The van der Waals surface area contributed by atoms with E-state index < -0.39 is 11.7 Å². The van der Waals surface area contributed by atoms with Crippen molar-refractivity contribution in [1.29, 1.82) is 0 Å². The van der Waals surface area contributed by atoms with Gasteiger partial charge in [-0.15, -0.1) is 0 Å². The Morgan fingerprint density at radius 3 is 2.42 bits per heavy atom. The van der Waals surface area contributed by atoms with E-state index in [-0.39, 0.29) is 0 Å². The van der Waals surface area contributed by atoms with E-state index in [1.54, 1.807) is 12.3 Å². The molecule has 3 rings (SSSR count). The Morgan fingerprint density at radius 1 is 1.08 bits per heavy atom. The Balaban J connectivity index is 1.59. The number of hydrazone groups is 1. The van der Waals surface area contributed by atoms with E-state index in [2.05, 4.69) is 34.5 Å². The molecule has 1 heterocycles. The first kappa shape index (κ1) is 18.3. The van der Waals surface area contributed by atoms with E-state index in [1.807, 2.05) is 12.1 Å². The summed E-state index contributed by atoms with van der Waals surface area (Å²) in [5.41, 5.74) is 4.33. The molecular formula is C20H22F3N3. The highest BCUT2D eigenvalue weighted by Gasteiger charge is 2.30. The van der Waals surface area contributed by atoms with Gasteiger partial charge in [0, 0.05) is 18.8 Å². The van der Waals surface area contributed by atoms with E-state index in [0.29, 0.717) is 5.69 Å². The summed E-state index contributed by atoms with van der Waals surface area (Å²) in [4.78, 5) is 2.38. The maximum absolute atomic E-state index is 12.7. The molecule has 0 aliphatic carbocycles. The van der Waals surface area contributed by atoms with Crippen LogP contribution < -0.4 is 10.3 Å². The number of rotatable bonds is 4. The van der Waals surface area contributed by atoms with Gasteiger partial charge in [-0.2, -0.15) is 18.3 Å². The maximum atomic E-state index is 12.7. The lowest BCUT2D eigenvalue weighted by Gasteiger charge is -2.32. The molecule has 26 heavy (non-hydrogen) atoms. The summed E-state index contributed by atoms with van der Waals surface area (Å²) in [6.45, 7) is 4.44. The van der Waals surface area contributed by atoms with Gasteiger partial charge in [0.15, 0.2) is 0 Å². The van der Waals surface area contributed by atoms with Gasteiger partial charge in [0.25, 0.3) is 0 Å². The molecular weight excluding hydrogens is 339 g/mol. The average molecular weight is 361 g/mol. The number of halogens is 3. The van der Waals surface area contributed by atoms with E-state index in [4.69, 9.17) is 0 Å². The molecule has 0 unspecified atom stereocenters. The van der Waals surface area contributed by atoms with Crippen molar-refractivity contribution in [2.24, 2.45) is 11.0 Å². The molecule has 1 N–H and O–H groups in total. The fourth-order valence-electron chi connectivity index (χ4n) is 2.98. The molecule has 1 saturated heterocycles. The molecule has 0 aromatic heterocycles. The molecule has 1 aliphatic heterocycles. The van der Waals surface area contributed by atoms with Crippen LogP contribution in [-0.4, -0.2) is 19.3 Å². The molecule has 6 heteroatoms. The molecule has 2 aromatic carbocycles. The molecule has 0 bridgehead atoms. The van der Waals surface area contributed by atoms with Crippen molar-refractivity contribution < 1.29 is 13.2 Å². The summed E-state index contributed by atoms with van der Waals surface area (Å²) in [5, 5.41) is 4.03. The van der Waals surface area contributed by atoms with Gasteiger partial charge in [0.1, 0.15) is 0 Å². The molecule has 3 nitrogen and oxygen atoms in total. The molecule has 0 atom stereocenters. The highest BCUT2D eigenvalue weighted by atomic mass is 19.4. The molecule has 2 aromatic rings. The van der Waals surface area contributed by atoms with Gasteiger partial charge in [0.05, 0.1) is 17.5 Å². The van der Waals surface area contributed by atoms with Crippen molar-refractivity contribution in [2.75, 3.05) is 23.4 Å². The third-order valence-electron chi connectivity index (χ3n) is 4.64. The number of benzene rings is 2. The van der Waals surface area contributed by atoms with Crippen molar-refractivity contribution in [3.63, 3.8) is 0 Å². The molecule has 0 radical (unpaired) electrons. The summed E-state index contributed by atoms with van der Waals surface area (Å²) in [6.07, 6.45) is -0.333. The van der Waals surface area contributed by atoms with Crippen LogP contribution in [0.2, 0.25) is 0 Å². The van der Waals surface area contributed by atoms with E-state index in [1.165, 1.54) is 24.6 Å². The number of hydrogen-bond donors (Lipinski definition) is 1. The summed E-state index contributed by atoms with van der Waals surface area (Å²) >= 11 is 0. The summed E-state index contributed by atoms with van der Waals surface area (Å²) in [7, 11) is 0. The number of alkyl halides is 3. The van der Waals surface area contributed by atoms with Gasteiger partial charge >= 0.3 is 6.18 Å². The quantitative estimate of drug-likeness (QED) is 0.584. The fraction of sp³-hybridized carbons (Fsp3) is 0.350. The summed E-state index contributed by atoms with van der Waals surface area (Å²) in [5.74, 6) is 0.791. The Labute approximate surface area is 151 Å². The number of nitrogens with one attached hydrogen (secondary N) is 1. The number of anilines is 2. The van der Waals surface area contributed by atoms with Crippen molar-refractivity contribution in [1.82, 2.24) is 0 Å². The highest BCUT2D eigenvalue weighted by Crippen LogP contribution is 2.30. The van der Waals surface area contributed by atoms with Crippen LogP contribution in [0.4, 0.5) is 24.5 Å². The lowest BCUT2D eigenvalue weighted by molar-refractivity contribution is -0.137. The van der Waals surface area contributed by atoms with E-state index >= 15 is 0 Å². The Morgan fingerprint density at radius 2 is 1.77 bits per heavy atom. The van der Waals surface area contributed by atoms with Gasteiger partial charge in [-0.3, -0.25) is 5.43 Å². The molecule has 1 aliphatic rings. The zero-order chi connectivity index (χ0) is 18.6. The number of piperidine rings is 1. The summed E-state index contributed by atoms with van der Waals surface area (Å²) < 4.78 is 38.1. The zero-order valence-electron chi connectivity index (χ0n) is 14.6. The maximum Gasteiger partial charge on any atom is 0.416 e. The van der Waals surface area contributed by atoms with Crippen LogP contribution in [0.25, 0.3) is 0 Å². The van der Waals surface area contributed by atoms with Crippen LogP contribution in [-0.2, 0) is 6.18 Å². The molecule has 138 valence electrons. The Hall–Kier alpha value is -2.50. The monoisotopic (exact) mass is 361 g/mol. The SMILES string of the molecule is CC1CCN(c2ccc(C=NNc3cccc(C(F)(F)F)c3)cc2)CC1. The highest BCUT2D eigenvalue weighted by molar-refractivity contribution is 5.81. The lowest BCUT2D eigenvalue weighted by atomic mass is 9.99. The predicted octanol–water partition coefficient (Wildman–Crippen LogP) is 5.39. The van der Waals surface area contributed by atoms with Crippen LogP contribution in [0.3, 0.4) is 0 Å². The fourth-order valence-corrected chi connectivity index (χ4v) is 2.98. The minimum absolute atomic E-state index is 0.301. The van der Waals surface area contributed by atoms with Crippen LogP contribution in [0.15, 0.2) is 53.6 Å². The summed E-state index contributed by atoms with van der Waals surface area (Å²) in [6, 6.07) is 13.0. The van der Waals surface area contributed by atoms with Gasteiger partial charge in [0.2, 0.25) is 0 Å². The van der Waals surface area contributed by atoms with Crippen LogP contribution >= 0.6 is 0 Å². The van der Waals surface area contributed by atoms with Crippen molar-refractivity contribution >= 4 is 17.6 Å². The molecule has 0 spiro atoms. The molecule has 0 saturated carbocycles. The second-order valence-corrected chi connectivity index (χ2v) is 6.71. The zero-order valence-corrected chi connectivity index (χ0v) is 14.6. The largest absolute Gasteiger partial charge is 0.416 e. The normalized spacial score (nSPS) is 16.2. The number of nitrogens with zero attached hydrogens (tertiary/aromatic N) is 2. The number of hydrogen-bond acceptors (Lipinski definition) is 3. The predicted molar refractivity (Wildman–Crippen MR) is 99.7 cm³/mol. The Bertz CT molecular complexity index is 746. The molecule has 0 amide bonds. The lowest BCUT2D eigenvalue weighted by Crippen LogP contribution is -2.32. The minimum atomic E-state index is -4.36. The van der Waals surface area contributed by atoms with Crippen LogP contribution in [0.1, 0.15) is 30.9 Å². The minimum Gasteiger partial charge on any atom is -0.372 e. The van der Waals surface area contributed by atoms with Gasteiger partial charge in [-0.25, -0.2) is 0 Å². The smallest absolute Gasteiger partial charge is 0.372 e. The van der Waals surface area contributed by atoms with Gasteiger partial charge in [-0.1, -0.05) is 25.1 Å². The van der Waals surface area contributed by atoms with Crippen LogP contribution in [0, 0.1) is 5.92 Å². The van der Waals surface area contributed by atoms with E-state index in [9.17, 15) is 13.2 Å². The van der Waals surface area contributed by atoms with Gasteiger partial charge < -0.3 is 4.90 Å². The standard InChI is InChI=1S/C20H22F3N3/c1-15-9-11-26(12-10-15)19-7-5-16(6-8-19)14-24-25-18-4-2-3-17(13-18)20(21,22)23/h2-8,13-15,25H,9-12H2,1H3. The first-order chi connectivity index (χ1) is 12.4.